The SMILES string of the molecule is CCNC(C)(CCN(CC)C(C)CN(C)C)C(=O)OC. The summed E-state index contributed by atoms with van der Waals surface area (Å²) in [5, 5.41) is 3.26. The minimum Gasteiger partial charge on any atom is -0.468 e. The lowest BCUT2D eigenvalue weighted by molar-refractivity contribution is -0.148. The summed E-state index contributed by atoms with van der Waals surface area (Å²) in [5.74, 6) is -0.185. The van der Waals surface area contributed by atoms with Crippen LogP contribution < -0.4 is 5.32 Å². The second kappa shape index (κ2) is 9.32. The zero-order valence-corrected chi connectivity index (χ0v) is 14.3. The van der Waals surface area contributed by atoms with Crippen LogP contribution in [0.2, 0.25) is 0 Å². The van der Waals surface area contributed by atoms with Gasteiger partial charge >= 0.3 is 5.97 Å². The van der Waals surface area contributed by atoms with Crippen LogP contribution in [0.5, 0.6) is 0 Å². The van der Waals surface area contributed by atoms with Crippen LogP contribution in [0.25, 0.3) is 0 Å². The first kappa shape index (κ1) is 19.4. The van der Waals surface area contributed by atoms with E-state index in [0.717, 1.165) is 32.6 Å². The van der Waals surface area contributed by atoms with Crippen molar-refractivity contribution >= 4 is 5.97 Å². The molecule has 0 aromatic heterocycles. The molecule has 0 aromatic rings. The standard InChI is InChI=1S/C15H33N3O2/c1-8-16-15(4,14(19)20-7)10-11-18(9-2)13(3)12-17(5)6/h13,16H,8-12H2,1-7H3. The summed E-state index contributed by atoms with van der Waals surface area (Å²) in [7, 11) is 5.62. The van der Waals surface area contributed by atoms with Gasteiger partial charge in [-0.25, -0.2) is 0 Å². The topological polar surface area (TPSA) is 44.8 Å². The van der Waals surface area contributed by atoms with Crippen LogP contribution in [0, 0.1) is 0 Å². The molecule has 0 radical (unpaired) electrons. The fraction of sp³-hybridized carbons (Fsp3) is 0.933. The van der Waals surface area contributed by atoms with Crippen LogP contribution in [0.4, 0.5) is 0 Å². The first-order valence-electron chi connectivity index (χ1n) is 7.52. The number of hydrogen-bond acceptors (Lipinski definition) is 5. The average molecular weight is 287 g/mol. The number of methoxy groups -OCH3 is 1. The molecule has 0 aliphatic rings. The summed E-state index contributed by atoms with van der Waals surface area (Å²) in [5.41, 5.74) is -0.602. The van der Waals surface area contributed by atoms with Crippen molar-refractivity contribution in [2.24, 2.45) is 0 Å². The molecule has 120 valence electrons. The van der Waals surface area contributed by atoms with E-state index >= 15 is 0 Å². The molecule has 0 bridgehead atoms. The van der Waals surface area contributed by atoms with Crippen LogP contribution in [-0.4, -0.2) is 74.7 Å². The Morgan fingerprint density at radius 2 is 1.95 bits per heavy atom. The third-order valence-electron chi connectivity index (χ3n) is 3.76. The molecule has 2 unspecified atom stereocenters. The number of rotatable bonds is 10. The fourth-order valence-corrected chi connectivity index (χ4v) is 2.58. The summed E-state index contributed by atoms with van der Waals surface area (Å²) in [6.45, 7) is 12.0. The predicted molar refractivity (Wildman–Crippen MR) is 84.0 cm³/mol. The number of hydrogen-bond donors (Lipinski definition) is 1. The smallest absolute Gasteiger partial charge is 0.325 e. The molecular weight excluding hydrogens is 254 g/mol. The molecule has 0 spiro atoms. The summed E-state index contributed by atoms with van der Waals surface area (Å²) >= 11 is 0. The first-order valence-corrected chi connectivity index (χ1v) is 7.52. The van der Waals surface area contributed by atoms with E-state index in [1.54, 1.807) is 0 Å². The molecule has 0 aromatic carbocycles. The molecule has 0 amide bonds. The maximum Gasteiger partial charge on any atom is 0.325 e. The summed E-state index contributed by atoms with van der Waals surface area (Å²) < 4.78 is 4.93. The van der Waals surface area contributed by atoms with Crippen molar-refractivity contribution in [3.8, 4) is 0 Å². The van der Waals surface area contributed by atoms with Crippen molar-refractivity contribution in [1.82, 2.24) is 15.1 Å². The lowest BCUT2D eigenvalue weighted by Gasteiger charge is -2.34. The van der Waals surface area contributed by atoms with Gasteiger partial charge in [0.1, 0.15) is 5.54 Å². The van der Waals surface area contributed by atoms with Gasteiger partial charge in [-0.1, -0.05) is 13.8 Å². The van der Waals surface area contributed by atoms with Gasteiger partial charge in [0.05, 0.1) is 7.11 Å². The zero-order valence-electron chi connectivity index (χ0n) is 14.3. The first-order chi connectivity index (χ1) is 9.30. The van der Waals surface area contributed by atoms with Gasteiger partial charge in [-0.15, -0.1) is 0 Å². The summed E-state index contributed by atoms with van der Waals surface area (Å²) in [4.78, 5) is 16.6. The largest absolute Gasteiger partial charge is 0.468 e. The van der Waals surface area contributed by atoms with Gasteiger partial charge in [0, 0.05) is 19.1 Å². The third kappa shape index (κ3) is 6.20. The number of nitrogens with zero attached hydrogens (tertiary/aromatic N) is 2. The number of esters is 1. The molecule has 0 rings (SSSR count). The van der Waals surface area contributed by atoms with E-state index in [0.29, 0.717) is 6.04 Å². The Morgan fingerprint density at radius 1 is 1.35 bits per heavy atom. The van der Waals surface area contributed by atoms with E-state index in [1.807, 2.05) is 13.8 Å². The van der Waals surface area contributed by atoms with Crippen LogP contribution in [0.15, 0.2) is 0 Å². The molecule has 1 N–H and O–H groups in total. The Balaban J connectivity index is 4.61. The molecule has 20 heavy (non-hydrogen) atoms. The number of carbonyl (C=O) groups excluding carboxylic acids is 1. The van der Waals surface area contributed by atoms with Crippen LogP contribution in [0.1, 0.15) is 34.1 Å². The summed E-state index contributed by atoms with van der Waals surface area (Å²) in [6.07, 6.45) is 0.749. The highest BCUT2D eigenvalue weighted by atomic mass is 16.5. The van der Waals surface area contributed by atoms with Gasteiger partial charge in [0.2, 0.25) is 0 Å². The molecular formula is C15H33N3O2. The zero-order chi connectivity index (χ0) is 15.8. The van der Waals surface area contributed by atoms with E-state index in [1.165, 1.54) is 7.11 Å². The van der Waals surface area contributed by atoms with Gasteiger partial charge < -0.3 is 15.0 Å². The maximum absolute atomic E-state index is 12.0. The number of ether oxygens (including phenoxy) is 1. The van der Waals surface area contributed by atoms with Crippen molar-refractivity contribution in [3.63, 3.8) is 0 Å². The van der Waals surface area contributed by atoms with E-state index in [4.69, 9.17) is 4.74 Å². The highest BCUT2D eigenvalue weighted by molar-refractivity contribution is 5.80. The van der Waals surface area contributed by atoms with Gasteiger partial charge in [0.15, 0.2) is 0 Å². The van der Waals surface area contributed by atoms with Crippen molar-refractivity contribution < 1.29 is 9.53 Å². The van der Waals surface area contributed by atoms with Crippen LogP contribution in [-0.2, 0) is 9.53 Å². The molecule has 0 saturated carbocycles. The Bertz CT molecular complexity index is 284. The number of likely N-dealkylation sites (N-methyl/N-ethyl adjacent to an activating group) is 3. The van der Waals surface area contributed by atoms with E-state index < -0.39 is 5.54 Å². The van der Waals surface area contributed by atoms with Gasteiger partial charge in [-0.2, -0.15) is 0 Å². The minimum absolute atomic E-state index is 0.185. The molecule has 0 saturated heterocycles. The minimum atomic E-state index is -0.602. The predicted octanol–water partition coefficient (Wildman–Crippen LogP) is 1.19. The van der Waals surface area contributed by atoms with Crippen molar-refractivity contribution in [1.29, 1.82) is 0 Å². The molecule has 0 heterocycles. The van der Waals surface area contributed by atoms with Crippen molar-refractivity contribution in [2.45, 2.75) is 45.7 Å². The Hall–Kier alpha value is -0.650. The summed E-state index contributed by atoms with van der Waals surface area (Å²) in [6, 6.07) is 0.471. The van der Waals surface area contributed by atoms with Gasteiger partial charge in [-0.3, -0.25) is 9.69 Å². The average Bonchev–Trinajstić information content (AvgIpc) is 2.37. The third-order valence-corrected chi connectivity index (χ3v) is 3.76. The Labute approximate surface area is 124 Å². The van der Waals surface area contributed by atoms with Crippen molar-refractivity contribution in [3.05, 3.63) is 0 Å². The van der Waals surface area contributed by atoms with Crippen LogP contribution >= 0.6 is 0 Å². The Morgan fingerprint density at radius 3 is 2.35 bits per heavy atom. The molecule has 0 aliphatic carbocycles. The van der Waals surface area contributed by atoms with E-state index in [2.05, 4.69) is 43.1 Å². The second-order valence-electron chi connectivity index (χ2n) is 5.84. The van der Waals surface area contributed by atoms with E-state index in [9.17, 15) is 4.79 Å². The lowest BCUT2D eigenvalue weighted by Crippen LogP contribution is -2.53. The fourth-order valence-electron chi connectivity index (χ4n) is 2.58. The number of nitrogens with one attached hydrogen (secondary N) is 1. The molecule has 2 atom stereocenters. The molecule has 5 heteroatoms. The van der Waals surface area contributed by atoms with E-state index in [-0.39, 0.29) is 5.97 Å². The highest BCUT2D eigenvalue weighted by Gasteiger charge is 2.33. The van der Waals surface area contributed by atoms with Crippen molar-refractivity contribution in [2.75, 3.05) is 47.4 Å². The highest BCUT2D eigenvalue weighted by Crippen LogP contribution is 2.14. The quantitative estimate of drug-likeness (QED) is 0.612. The van der Waals surface area contributed by atoms with Gasteiger partial charge in [0.25, 0.3) is 0 Å². The lowest BCUT2D eigenvalue weighted by atomic mass is 9.97. The molecule has 0 aliphatic heterocycles. The molecule has 0 fully saturated rings. The normalized spacial score (nSPS) is 16.2. The monoisotopic (exact) mass is 287 g/mol. The van der Waals surface area contributed by atoms with Crippen LogP contribution in [0.3, 0.4) is 0 Å². The second-order valence-corrected chi connectivity index (χ2v) is 5.84. The molecule has 5 nitrogen and oxygen atoms in total. The number of carbonyl (C=O) groups is 1. The van der Waals surface area contributed by atoms with Gasteiger partial charge in [-0.05, 0) is 47.5 Å². The maximum atomic E-state index is 12.0. The Kier molecular flexibility index (Phi) is 9.01.